The lowest BCUT2D eigenvalue weighted by Gasteiger charge is -2.18. The number of aryl methyl sites for hydroxylation is 1. The zero-order valence-electron chi connectivity index (χ0n) is 17.2. The van der Waals surface area contributed by atoms with Crippen LogP contribution in [0.3, 0.4) is 0 Å². The third-order valence-electron chi connectivity index (χ3n) is 5.63. The quantitative estimate of drug-likeness (QED) is 0.356. The summed E-state index contributed by atoms with van der Waals surface area (Å²) < 4.78 is 1.81. The van der Waals surface area contributed by atoms with Crippen molar-refractivity contribution in [2.45, 2.75) is 6.54 Å². The lowest BCUT2D eigenvalue weighted by atomic mass is 9.97. The number of carbonyl (C=O) groups is 2. The third-order valence-corrected chi connectivity index (χ3v) is 5.63. The van der Waals surface area contributed by atoms with E-state index < -0.39 is 0 Å². The summed E-state index contributed by atoms with van der Waals surface area (Å²) in [5.41, 5.74) is 5.79. The van der Waals surface area contributed by atoms with Gasteiger partial charge in [-0.05, 0) is 41.0 Å². The lowest BCUT2D eigenvalue weighted by molar-refractivity contribution is 0.0996. The zero-order valence-corrected chi connectivity index (χ0v) is 17.2. The molecule has 0 bridgehead atoms. The molecule has 0 N–H and O–H groups in total. The number of anilines is 1. The Morgan fingerprint density at radius 3 is 2.66 bits per heavy atom. The molecule has 1 aliphatic heterocycles. The Balaban J connectivity index is 1.58. The molecule has 7 heteroatoms. The molecule has 4 aromatic rings. The smallest absolute Gasteiger partial charge is 0.258 e. The van der Waals surface area contributed by atoms with E-state index >= 15 is 0 Å². The van der Waals surface area contributed by atoms with Crippen molar-refractivity contribution in [3.63, 3.8) is 0 Å². The summed E-state index contributed by atoms with van der Waals surface area (Å²) in [5, 5.41) is 8.19. The van der Waals surface area contributed by atoms with Crippen LogP contribution >= 0.6 is 0 Å². The van der Waals surface area contributed by atoms with Crippen molar-refractivity contribution in [1.29, 1.82) is 0 Å². The molecule has 2 heterocycles. The van der Waals surface area contributed by atoms with Gasteiger partial charge < -0.3 is 9.47 Å². The first-order chi connectivity index (χ1) is 15.6. The standard InChI is InChI=1S/C25H17N5O2/c1-26-19-8-9-21(23(12-19)24-28-27-15-29(24)2)17-4-3-5-20(11-17)30-13-18-7-6-16(14-31)10-22(18)25(30)32/h3-12,14-15H,13H2,2H3. The average molecular weight is 419 g/mol. The fourth-order valence-electron chi connectivity index (χ4n) is 4.01. The zero-order chi connectivity index (χ0) is 22.2. The number of amides is 1. The number of aldehydes is 1. The van der Waals surface area contributed by atoms with Crippen LogP contribution in [0.1, 0.15) is 26.3 Å². The number of nitrogens with zero attached hydrogens (tertiary/aromatic N) is 5. The highest BCUT2D eigenvalue weighted by Gasteiger charge is 2.29. The molecular formula is C25H17N5O2. The Morgan fingerprint density at radius 1 is 1.03 bits per heavy atom. The van der Waals surface area contributed by atoms with E-state index in [4.69, 9.17) is 6.57 Å². The summed E-state index contributed by atoms with van der Waals surface area (Å²) in [7, 11) is 1.85. The Hall–Kier alpha value is -4.57. The highest BCUT2D eigenvalue weighted by molar-refractivity contribution is 6.11. The third kappa shape index (κ3) is 3.15. The van der Waals surface area contributed by atoms with Gasteiger partial charge in [0, 0.05) is 29.4 Å². The van der Waals surface area contributed by atoms with Crippen molar-refractivity contribution in [2.24, 2.45) is 7.05 Å². The largest absolute Gasteiger partial charge is 0.317 e. The number of fused-ring (bicyclic) bond motifs is 1. The van der Waals surface area contributed by atoms with Gasteiger partial charge >= 0.3 is 0 Å². The van der Waals surface area contributed by atoms with Crippen LogP contribution in [0.15, 0.2) is 67.0 Å². The predicted molar refractivity (Wildman–Crippen MR) is 120 cm³/mol. The fraction of sp³-hybridized carbons (Fsp3) is 0.0800. The normalized spacial score (nSPS) is 12.5. The summed E-state index contributed by atoms with van der Waals surface area (Å²) in [6.45, 7) is 7.82. The minimum atomic E-state index is -0.127. The first-order valence-corrected chi connectivity index (χ1v) is 9.95. The van der Waals surface area contributed by atoms with E-state index in [1.54, 1.807) is 35.5 Å². The van der Waals surface area contributed by atoms with E-state index in [-0.39, 0.29) is 5.91 Å². The molecule has 0 spiro atoms. The van der Waals surface area contributed by atoms with Gasteiger partial charge in [0.2, 0.25) is 0 Å². The molecule has 0 saturated carbocycles. The molecule has 0 saturated heterocycles. The molecule has 0 atom stereocenters. The van der Waals surface area contributed by atoms with Crippen LogP contribution in [0.5, 0.6) is 0 Å². The van der Waals surface area contributed by atoms with E-state index in [1.807, 2.05) is 48.0 Å². The minimum absolute atomic E-state index is 0.127. The summed E-state index contributed by atoms with van der Waals surface area (Å²) in [6, 6.07) is 18.4. The molecule has 3 aromatic carbocycles. The minimum Gasteiger partial charge on any atom is -0.317 e. The molecule has 0 fully saturated rings. The Bertz CT molecular complexity index is 1430. The van der Waals surface area contributed by atoms with Gasteiger partial charge in [-0.25, -0.2) is 4.85 Å². The second-order valence-corrected chi connectivity index (χ2v) is 7.58. The first-order valence-electron chi connectivity index (χ1n) is 9.95. The van der Waals surface area contributed by atoms with Gasteiger partial charge in [-0.2, -0.15) is 0 Å². The van der Waals surface area contributed by atoms with Crippen LogP contribution in [-0.4, -0.2) is 27.0 Å². The average Bonchev–Trinajstić information content (AvgIpc) is 3.41. The van der Waals surface area contributed by atoms with Gasteiger partial charge in [-0.3, -0.25) is 9.59 Å². The van der Waals surface area contributed by atoms with Crippen LogP contribution in [-0.2, 0) is 13.6 Å². The highest BCUT2D eigenvalue weighted by atomic mass is 16.2. The van der Waals surface area contributed by atoms with Crippen LogP contribution in [0, 0.1) is 6.57 Å². The maximum Gasteiger partial charge on any atom is 0.258 e. The molecule has 0 aliphatic carbocycles. The Morgan fingerprint density at radius 2 is 1.91 bits per heavy atom. The molecule has 1 aromatic heterocycles. The molecule has 0 unspecified atom stereocenters. The Kier molecular flexibility index (Phi) is 4.61. The van der Waals surface area contributed by atoms with Gasteiger partial charge in [0.15, 0.2) is 11.5 Å². The molecule has 1 aliphatic rings. The maximum absolute atomic E-state index is 13.1. The second kappa shape index (κ2) is 7.60. The van der Waals surface area contributed by atoms with Crippen LogP contribution in [0.25, 0.3) is 27.4 Å². The maximum atomic E-state index is 13.1. The number of hydrogen-bond donors (Lipinski definition) is 0. The van der Waals surface area contributed by atoms with E-state index in [1.165, 1.54) is 0 Å². The number of aromatic nitrogens is 3. The molecule has 7 nitrogen and oxygen atoms in total. The molecule has 154 valence electrons. The van der Waals surface area contributed by atoms with Crippen molar-refractivity contribution >= 4 is 23.6 Å². The van der Waals surface area contributed by atoms with Gasteiger partial charge in [0.1, 0.15) is 12.6 Å². The van der Waals surface area contributed by atoms with Gasteiger partial charge in [-0.15, -0.1) is 10.2 Å². The van der Waals surface area contributed by atoms with Crippen molar-refractivity contribution in [1.82, 2.24) is 14.8 Å². The first kappa shape index (κ1) is 19.4. The Labute approximate surface area is 184 Å². The molecule has 1 amide bonds. The van der Waals surface area contributed by atoms with E-state index in [0.29, 0.717) is 29.2 Å². The topological polar surface area (TPSA) is 72.5 Å². The van der Waals surface area contributed by atoms with Crippen molar-refractivity contribution < 1.29 is 9.59 Å². The number of carbonyl (C=O) groups excluding carboxylic acids is 2. The summed E-state index contributed by atoms with van der Waals surface area (Å²) in [4.78, 5) is 29.4. The summed E-state index contributed by atoms with van der Waals surface area (Å²) in [6.07, 6.45) is 2.37. The second-order valence-electron chi connectivity index (χ2n) is 7.58. The van der Waals surface area contributed by atoms with Crippen LogP contribution < -0.4 is 4.90 Å². The molecule has 32 heavy (non-hydrogen) atoms. The summed E-state index contributed by atoms with van der Waals surface area (Å²) in [5.74, 6) is 0.527. The van der Waals surface area contributed by atoms with Crippen LogP contribution in [0.4, 0.5) is 11.4 Å². The molecule has 0 radical (unpaired) electrons. The SMILES string of the molecule is [C-]#[N+]c1ccc(-c2cccc(N3Cc4ccc(C=O)cc4C3=O)c2)c(-c2nncn2C)c1. The number of hydrogen-bond acceptors (Lipinski definition) is 4. The van der Waals surface area contributed by atoms with E-state index in [9.17, 15) is 9.59 Å². The van der Waals surface area contributed by atoms with Crippen molar-refractivity contribution in [3.8, 4) is 22.5 Å². The van der Waals surface area contributed by atoms with E-state index in [2.05, 4.69) is 15.0 Å². The summed E-state index contributed by atoms with van der Waals surface area (Å²) >= 11 is 0. The van der Waals surface area contributed by atoms with E-state index in [0.717, 1.165) is 34.2 Å². The van der Waals surface area contributed by atoms with Crippen molar-refractivity contribution in [2.75, 3.05) is 4.90 Å². The lowest BCUT2D eigenvalue weighted by Crippen LogP contribution is -2.22. The van der Waals surface area contributed by atoms with Gasteiger partial charge in [0.05, 0.1) is 13.1 Å². The van der Waals surface area contributed by atoms with Crippen molar-refractivity contribution in [3.05, 3.63) is 95.1 Å². The fourth-order valence-corrected chi connectivity index (χ4v) is 4.01. The van der Waals surface area contributed by atoms with Gasteiger partial charge in [-0.1, -0.05) is 36.4 Å². The van der Waals surface area contributed by atoms with Gasteiger partial charge in [0.25, 0.3) is 5.91 Å². The monoisotopic (exact) mass is 419 g/mol. The molecule has 5 rings (SSSR count). The van der Waals surface area contributed by atoms with Crippen LogP contribution in [0.2, 0.25) is 0 Å². The number of rotatable bonds is 4. The molecular weight excluding hydrogens is 402 g/mol. The predicted octanol–water partition coefficient (Wildman–Crippen LogP) is 4.67. The number of benzene rings is 3. The highest BCUT2D eigenvalue weighted by Crippen LogP contribution is 2.37.